The van der Waals surface area contributed by atoms with Crippen LogP contribution in [-0.2, 0) is 15.9 Å². The summed E-state index contributed by atoms with van der Waals surface area (Å²) in [6, 6.07) is 8.68. The molecule has 3 heteroatoms. The highest BCUT2D eigenvalue weighted by molar-refractivity contribution is 5.25. The lowest BCUT2D eigenvalue weighted by Crippen LogP contribution is -2.34. The minimum Gasteiger partial charge on any atom is -0.351 e. The maximum Gasteiger partial charge on any atom is 0.176 e. The van der Waals surface area contributed by atoms with Gasteiger partial charge in [-0.25, -0.2) is 0 Å². The van der Waals surface area contributed by atoms with Crippen LogP contribution in [0.2, 0.25) is 0 Å². The molecule has 18 heavy (non-hydrogen) atoms. The second kappa shape index (κ2) is 8.25. The molecular weight excluding hydrogens is 226 g/mol. The number of ether oxygens (including phenoxy) is 2. The van der Waals surface area contributed by atoms with Gasteiger partial charge in [0.05, 0.1) is 6.04 Å². The number of aryl methyl sites for hydroxylation is 1. The van der Waals surface area contributed by atoms with Gasteiger partial charge in [-0.1, -0.05) is 31.2 Å². The molecule has 0 aliphatic heterocycles. The maximum absolute atomic E-state index is 5.66. The van der Waals surface area contributed by atoms with E-state index in [9.17, 15) is 0 Å². The van der Waals surface area contributed by atoms with Crippen LogP contribution in [0.4, 0.5) is 0 Å². The average molecular weight is 251 g/mol. The first-order valence-electron chi connectivity index (χ1n) is 6.76. The molecule has 0 saturated carbocycles. The molecule has 1 aromatic rings. The Morgan fingerprint density at radius 3 is 1.94 bits per heavy atom. The Hall–Kier alpha value is -0.900. The van der Waals surface area contributed by atoms with E-state index in [0.29, 0.717) is 13.2 Å². The minimum absolute atomic E-state index is 0.0656. The van der Waals surface area contributed by atoms with Crippen LogP contribution in [0.1, 0.15) is 37.9 Å². The molecule has 0 fully saturated rings. The predicted molar refractivity (Wildman–Crippen MR) is 74.7 cm³/mol. The summed E-state index contributed by atoms with van der Waals surface area (Å²) in [5, 5.41) is 3.28. The standard InChI is InChI=1S/C15H25NO2/c1-5-12-8-10-13(11-9-12)14(16-4)15(17-6-2)18-7-3/h8-11,14-16H,5-7H2,1-4H3. The number of rotatable bonds is 8. The molecule has 1 N–H and O–H groups in total. The van der Waals surface area contributed by atoms with E-state index < -0.39 is 0 Å². The van der Waals surface area contributed by atoms with Crippen LogP contribution in [0.5, 0.6) is 0 Å². The normalized spacial score (nSPS) is 12.9. The summed E-state index contributed by atoms with van der Waals surface area (Å²) in [5.74, 6) is 0. The molecule has 0 spiro atoms. The number of hydrogen-bond donors (Lipinski definition) is 1. The number of benzene rings is 1. The van der Waals surface area contributed by atoms with Crippen LogP contribution in [0.25, 0.3) is 0 Å². The van der Waals surface area contributed by atoms with Crippen molar-refractivity contribution < 1.29 is 9.47 Å². The average Bonchev–Trinajstić information content (AvgIpc) is 2.41. The zero-order valence-electron chi connectivity index (χ0n) is 11.9. The monoisotopic (exact) mass is 251 g/mol. The number of hydrogen-bond acceptors (Lipinski definition) is 3. The highest BCUT2D eigenvalue weighted by atomic mass is 16.7. The Kier molecular flexibility index (Phi) is 6.94. The van der Waals surface area contributed by atoms with Crippen LogP contribution >= 0.6 is 0 Å². The van der Waals surface area contributed by atoms with Crippen molar-refractivity contribution in [3.05, 3.63) is 35.4 Å². The summed E-state index contributed by atoms with van der Waals surface area (Å²) in [4.78, 5) is 0. The van der Waals surface area contributed by atoms with Crippen molar-refractivity contribution in [2.45, 2.75) is 39.5 Å². The SMILES string of the molecule is CCOC(OCC)C(NC)c1ccc(CC)cc1. The fraction of sp³-hybridized carbons (Fsp3) is 0.600. The molecule has 3 nitrogen and oxygen atoms in total. The third-order valence-electron chi connectivity index (χ3n) is 2.99. The Morgan fingerprint density at radius 1 is 1.00 bits per heavy atom. The lowest BCUT2D eigenvalue weighted by atomic mass is 10.0. The maximum atomic E-state index is 5.66. The van der Waals surface area contributed by atoms with E-state index >= 15 is 0 Å². The van der Waals surface area contributed by atoms with Gasteiger partial charge in [0, 0.05) is 13.2 Å². The van der Waals surface area contributed by atoms with E-state index in [4.69, 9.17) is 9.47 Å². The second-order valence-electron chi connectivity index (χ2n) is 4.14. The molecular formula is C15H25NO2. The third-order valence-corrected chi connectivity index (χ3v) is 2.99. The zero-order valence-corrected chi connectivity index (χ0v) is 11.9. The van der Waals surface area contributed by atoms with E-state index in [1.165, 1.54) is 11.1 Å². The molecule has 0 aliphatic carbocycles. The fourth-order valence-electron chi connectivity index (χ4n) is 1.99. The molecule has 1 aromatic carbocycles. The molecule has 0 aliphatic rings. The van der Waals surface area contributed by atoms with Crippen LogP contribution in [0.3, 0.4) is 0 Å². The molecule has 0 bridgehead atoms. The quantitative estimate of drug-likeness (QED) is 0.721. The highest BCUT2D eigenvalue weighted by Gasteiger charge is 2.22. The fourth-order valence-corrected chi connectivity index (χ4v) is 1.99. The Bertz CT molecular complexity index is 318. The summed E-state index contributed by atoms with van der Waals surface area (Å²) in [6.07, 6.45) is 0.822. The molecule has 0 amide bonds. The molecule has 0 saturated heterocycles. The van der Waals surface area contributed by atoms with E-state index in [0.717, 1.165) is 6.42 Å². The largest absolute Gasteiger partial charge is 0.351 e. The Labute approximate surface area is 110 Å². The van der Waals surface area contributed by atoms with Gasteiger partial charge in [0.25, 0.3) is 0 Å². The van der Waals surface area contributed by atoms with Crippen molar-refractivity contribution in [3.63, 3.8) is 0 Å². The molecule has 1 rings (SSSR count). The van der Waals surface area contributed by atoms with E-state index in [-0.39, 0.29) is 12.3 Å². The summed E-state index contributed by atoms with van der Waals surface area (Å²) in [7, 11) is 1.93. The van der Waals surface area contributed by atoms with Crippen LogP contribution in [-0.4, -0.2) is 26.6 Å². The van der Waals surface area contributed by atoms with Crippen molar-refractivity contribution in [2.75, 3.05) is 20.3 Å². The molecule has 0 heterocycles. The molecule has 1 unspecified atom stereocenters. The van der Waals surface area contributed by atoms with Crippen molar-refractivity contribution in [3.8, 4) is 0 Å². The van der Waals surface area contributed by atoms with E-state index in [1.54, 1.807) is 0 Å². The van der Waals surface area contributed by atoms with E-state index in [2.05, 4.69) is 36.5 Å². The van der Waals surface area contributed by atoms with Crippen molar-refractivity contribution in [1.29, 1.82) is 0 Å². The smallest absolute Gasteiger partial charge is 0.176 e. The van der Waals surface area contributed by atoms with Gasteiger partial charge in [-0.15, -0.1) is 0 Å². The molecule has 1 atom stereocenters. The first-order chi connectivity index (χ1) is 8.76. The van der Waals surface area contributed by atoms with Gasteiger partial charge in [-0.05, 0) is 38.4 Å². The molecule has 102 valence electrons. The first kappa shape index (κ1) is 15.2. The second-order valence-corrected chi connectivity index (χ2v) is 4.14. The van der Waals surface area contributed by atoms with Crippen molar-refractivity contribution in [2.24, 2.45) is 0 Å². The van der Waals surface area contributed by atoms with Gasteiger partial charge in [-0.2, -0.15) is 0 Å². The highest BCUT2D eigenvalue weighted by Crippen LogP contribution is 2.21. The van der Waals surface area contributed by atoms with Crippen LogP contribution < -0.4 is 5.32 Å². The van der Waals surface area contributed by atoms with Crippen molar-refractivity contribution >= 4 is 0 Å². The number of nitrogens with one attached hydrogen (secondary N) is 1. The molecule has 0 aromatic heterocycles. The lowest BCUT2D eigenvalue weighted by molar-refractivity contribution is -0.154. The van der Waals surface area contributed by atoms with E-state index in [1.807, 2.05) is 20.9 Å². The van der Waals surface area contributed by atoms with Gasteiger partial charge in [0.1, 0.15) is 0 Å². The zero-order chi connectivity index (χ0) is 13.4. The summed E-state index contributed by atoms with van der Waals surface area (Å²) >= 11 is 0. The summed E-state index contributed by atoms with van der Waals surface area (Å²) < 4.78 is 11.3. The summed E-state index contributed by atoms with van der Waals surface area (Å²) in [5.41, 5.74) is 2.54. The van der Waals surface area contributed by atoms with Gasteiger partial charge in [0.2, 0.25) is 0 Å². The molecule has 0 radical (unpaired) electrons. The van der Waals surface area contributed by atoms with Gasteiger partial charge in [-0.3, -0.25) is 0 Å². The van der Waals surface area contributed by atoms with Crippen LogP contribution in [0.15, 0.2) is 24.3 Å². The Balaban J connectivity index is 2.83. The number of likely N-dealkylation sites (N-methyl/N-ethyl adjacent to an activating group) is 1. The first-order valence-corrected chi connectivity index (χ1v) is 6.76. The third kappa shape index (κ3) is 4.09. The van der Waals surface area contributed by atoms with Gasteiger partial charge in [0.15, 0.2) is 6.29 Å². The topological polar surface area (TPSA) is 30.5 Å². The summed E-state index contributed by atoms with van der Waals surface area (Å²) in [6.45, 7) is 7.43. The lowest BCUT2D eigenvalue weighted by Gasteiger charge is -2.26. The minimum atomic E-state index is -0.238. The van der Waals surface area contributed by atoms with Crippen molar-refractivity contribution in [1.82, 2.24) is 5.32 Å². The Morgan fingerprint density at radius 2 is 1.56 bits per heavy atom. The van der Waals surface area contributed by atoms with Gasteiger partial charge < -0.3 is 14.8 Å². The predicted octanol–water partition coefficient (Wildman–Crippen LogP) is 2.91. The van der Waals surface area contributed by atoms with Crippen LogP contribution in [0, 0.1) is 0 Å². The van der Waals surface area contributed by atoms with Gasteiger partial charge >= 0.3 is 0 Å².